The minimum absolute atomic E-state index is 0.139. The molecule has 1 saturated heterocycles. The zero-order valence-corrected chi connectivity index (χ0v) is 12.5. The minimum Gasteiger partial charge on any atom is -0.373 e. The highest BCUT2D eigenvalue weighted by Gasteiger charge is 2.31. The van der Waals surface area contributed by atoms with Gasteiger partial charge in [-0.25, -0.2) is 0 Å². The second-order valence-corrected chi connectivity index (χ2v) is 6.78. The smallest absolute Gasteiger partial charge is 0.0678 e. The lowest BCUT2D eigenvalue weighted by molar-refractivity contribution is -0.0827. The average Bonchev–Trinajstić information content (AvgIpc) is 2.62. The molecule has 2 N–H and O–H groups in total. The van der Waals surface area contributed by atoms with E-state index in [0.717, 1.165) is 13.1 Å². The van der Waals surface area contributed by atoms with E-state index in [1.165, 1.54) is 9.75 Å². The van der Waals surface area contributed by atoms with E-state index < -0.39 is 0 Å². The fourth-order valence-electron chi connectivity index (χ4n) is 2.83. The lowest BCUT2D eigenvalue weighted by atomic mass is 10.0. The maximum atomic E-state index is 6.22. The Hall–Kier alpha value is -0.420. The van der Waals surface area contributed by atoms with Crippen LogP contribution in [0.4, 0.5) is 0 Å². The summed E-state index contributed by atoms with van der Waals surface area (Å²) in [6.07, 6.45) is 0.576. The molecular formula is C14H24N2OS. The van der Waals surface area contributed by atoms with Crippen LogP contribution in [0.3, 0.4) is 0 Å². The van der Waals surface area contributed by atoms with Crippen LogP contribution in [0, 0.1) is 6.92 Å². The summed E-state index contributed by atoms with van der Waals surface area (Å²) in [6.45, 7) is 10.5. The third-order valence-corrected chi connectivity index (χ3v) is 4.46. The lowest BCUT2D eigenvalue weighted by Crippen LogP contribution is -2.50. The summed E-state index contributed by atoms with van der Waals surface area (Å²) in [5, 5.41) is 0. The second-order valence-electron chi connectivity index (χ2n) is 5.46. The fraction of sp³-hybridized carbons (Fsp3) is 0.714. The number of ether oxygens (including phenoxy) is 1. The first-order valence-electron chi connectivity index (χ1n) is 6.68. The Morgan fingerprint density at radius 2 is 1.94 bits per heavy atom. The van der Waals surface area contributed by atoms with E-state index in [4.69, 9.17) is 10.5 Å². The Labute approximate surface area is 114 Å². The number of thiophene rings is 1. The molecule has 0 amide bonds. The van der Waals surface area contributed by atoms with E-state index in [2.05, 4.69) is 44.7 Å². The van der Waals surface area contributed by atoms with Gasteiger partial charge in [0, 0.05) is 28.9 Å². The van der Waals surface area contributed by atoms with Gasteiger partial charge in [0.15, 0.2) is 0 Å². The molecule has 1 aromatic rings. The van der Waals surface area contributed by atoms with E-state index in [-0.39, 0.29) is 18.2 Å². The third kappa shape index (κ3) is 3.12. The van der Waals surface area contributed by atoms with Crippen LogP contribution in [-0.2, 0) is 4.74 Å². The lowest BCUT2D eigenvalue weighted by Gasteiger charge is -2.41. The molecule has 2 unspecified atom stereocenters. The molecule has 0 aromatic carbocycles. The molecule has 0 spiro atoms. The minimum atomic E-state index is 0.139. The van der Waals surface area contributed by atoms with Gasteiger partial charge in [-0.1, -0.05) is 0 Å². The fourth-order valence-corrected chi connectivity index (χ4v) is 3.96. The van der Waals surface area contributed by atoms with Gasteiger partial charge in [0.1, 0.15) is 0 Å². The summed E-state index contributed by atoms with van der Waals surface area (Å²) in [5.74, 6) is 0. The molecule has 2 rings (SSSR count). The summed E-state index contributed by atoms with van der Waals surface area (Å²) in [6, 6.07) is 4.86. The predicted molar refractivity (Wildman–Crippen MR) is 77.0 cm³/mol. The first kappa shape index (κ1) is 14.0. The largest absolute Gasteiger partial charge is 0.373 e. The average molecular weight is 268 g/mol. The number of hydrogen-bond acceptors (Lipinski definition) is 4. The van der Waals surface area contributed by atoms with Crippen molar-refractivity contribution in [2.24, 2.45) is 5.73 Å². The topological polar surface area (TPSA) is 38.5 Å². The third-order valence-electron chi connectivity index (χ3n) is 3.39. The van der Waals surface area contributed by atoms with E-state index >= 15 is 0 Å². The maximum absolute atomic E-state index is 6.22. The van der Waals surface area contributed by atoms with Crippen molar-refractivity contribution in [2.75, 3.05) is 13.1 Å². The van der Waals surface area contributed by atoms with Gasteiger partial charge < -0.3 is 10.5 Å². The normalized spacial score (nSPS) is 29.2. The van der Waals surface area contributed by atoms with Crippen LogP contribution in [0.1, 0.15) is 36.6 Å². The zero-order valence-electron chi connectivity index (χ0n) is 11.7. The van der Waals surface area contributed by atoms with Crippen LogP contribution < -0.4 is 5.73 Å². The van der Waals surface area contributed by atoms with E-state index in [9.17, 15) is 0 Å². The second kappa shape index (κ2) is 5.70. The van der Waals surface area contributed by atoms with Crippen LogP contribution in [0.2, 0.25) is 0 Å². The molecule has 4 atom stereocenters. The van der Waals surface area contributed by atoms with Gasteiger partial charge in [0.2, 0.25) is 0 Å². The SMILES string of the molecule is Cc1ccc(C(C(C)N)N2C[C@@H](C)O[C@@H](C)C2)s1. The highest BCUT2D eigenvalue weighted by atomic mass is 32.1. The van der Waals surface area contributed by atoms with Crippen LogP contribution in [0.15, 0.2) is 12.1 Å². The van der Waals surface area contributed by atoms with E-state index in [1.54, 1.807) is 0 Å². The van der Waals surface area contributed by atoms with Crippen molar-refractivity contribution < 1.29 is 4.74 Å². The quantitative estimate of drug-likeness (QED) is 0.915. The Bertz CT molecular complexity index is 381. The molecule has 0 bridgehead atoms. The van der Waals surface area contributed by atoms with Crippen LogP contribution >= 0.6 is 11.3 Å². The standard InChI is InChI=1S/C14H24N2OS/c1-9-7-16(8-10(2)17-9)14(12(4)15)13-6-5-11(3)18-13/h5-6,9-10,12,14H,7-8,15H2,1-4H3/t9-,10+,12?,14?. The molecule has 3 nitrogen and oxygen atoms in total. The Morgan fingerprint density at radius 3 is 2.39 bits per heavy atom. The summed E-state index contributed by atoms with van der Waals surface area (Å²) in [4.78, 5) is 5.21. The molecule has 0 saturated carbocycles. The molecule has 4 heteroatoms. The molecule has 18 heavy (non-hydrogen) atoms. The highest BCUT2D eigenvalue weighted by molar-refractivity contribution is 7.12. The van der Waals surface area contributed by atoms with Gasteiger partial charge >= 0.3 is 0 Å². The molecule has 1 aromatic heterocycles. The van der Waals surface area contributed by atoms with E-state index in [1.807, 2.05) is 11.3 Å². The Morgan fingerprint density at radius 1 is 1.33 bits per heavy atom. The molecule has 1 aliphatic heterocycles. The van der Waals surface area contributed by atoms with Crippen molar-refractivity contribution in [3.05, 3.63) is 21.9 Å². The van der Waals surface area contributed by atoms with Crippen molar-refractivity contribution in [1.82, 2.24) is 4.90 Å². The van der Waals surface area contributed by atoms with Crippen molar-refractivity contribution in [3.8, 4) is 0 Å². The first-order valence-corrected chi connectivity index (χ1v) is 7.50. The monoisotopic (exact) mass is 268 g/mol. The number of rotatable bonds is 3. The van der Waals surface area contributed by atoms with Crippen molar-refractivity contribution in [1.29, 1.82) is 0 Å². The van der Waals surface area contributed by atoms with Crippen LogP contribution in [0.25, 0.3) is 0 Å². The van der Waals surface area contributed by atoms with Crippen LogP contribution in [-0.4, -0.2) is 36.2 Å². The summed E-state index contributed by atoms with van der Waals surface area (Å²) < 4.78 is 5.81. The van der Waals surface area contributed by atoms with Gasteiger partial charge in [-0.05, 0) is 39.8 Å². The summed E-state index contributed by atoms with van der Waals surface area (Å²) in [5.41, 5.74) is 6.22. The molecule has 0 radical (unpaired) electrons. The number of morpholine rings is 1. The molecule has 1 fully saturated rings. The summed E-state index contributed by atoms with van der Waals surface area (Å²) >= 11 is 1.86. The van der Waals surface area contributed by atoms with Crippen molar-refractivity contribution >= 4 is 11.3 Å². The first-order chi connectivity index (χ1) is 8.47. The number of aryl methyl sites for hydroxylation is 1. The maximum Gasteiger partial charge on any atom is 0.0678 e. The van der Waals surface area contributed by atoms with Gasteiger partial charge in [0.25, 0.3) is 0 Å². The van der Waals surface area contributed by atoms with E-state index in [0.29, 0.717) is 6.04 Å². The number of nitrogens with two attached hydrogens (primary N) is 1. The molecule has 0 aliphatic carbocycles. The molecular weight excluding hydrogens is 244 g/mol. The Balaban J connectivity index is 2.19. The Kier molecular flexibility index (Phi) is 4.43. The van der Waals surface area contributed by atoms with Gasteiger partial charge in [-0.2, -0.15) is 0 Å². The summed E-state index contributed by atoms with van der Waals surface area (Å²) in [7, 11) is 0. The van der Waals surface area contributed by atoms with Gasteiger partial charge in [0.05, 0.1) is 18.2 Å². The van der Waals surface area contributed by atoms with Gasteiger partial charge in [-0.3, -0.25) is 4.90 Å². The molecule has 1 aliphatic rings. The zero-order chi connectivity index (χ0) is 13.3. The number of nitrogens with zero attached hydrogens (tertiary/aromatic N) is 1. The number of hydrogen-bond donors (Lipinski definition) is 1. The van der Waals surface area contributed by atoms with Crippen LogP contribution in [0.5, 0.6) is 0 Å². The molecule has 2 heterocycles. The van der Waals surface area contributed by atoms with Crippen molar-refractivity contribution in [2.45, 2.75) is 52.0 Å². The predicted octanol–water partition coefficient (Wildman–Crippen LogP) is 2.55. The highest BCUT2D eigenvalue weighted by Crippen LogP contribution is 2.31. The van der Waals surface area contributed by atoms with Crippen molar-refractivity contribution in [3.63, 3.8) is 0 Å². The molecule has 102 valence electrons. The van der Waals surface area contributed by atoms with Gasteiger partial charge in [-0.15, -0.1) is 11.3 Å².